The number of rotatable bonds is 8. The van der Waals surface area contributed by atoms with Gasteiger partial charge in [0.1, 0.15) is 12.4 Å². The van der Waals surface area contributed by atoms with Crippen LogP contribution in [0.4, 0.5) is 5.69 Å². The normalized spacial score (nSPS) is 15.6. The van der Waals surface area contributed by atoms with Crippen molar-refractivity contribution in [2.24, 2.45) is 5.16 Å². The van der Waals surface area contributed by atoms with Gasteiger partial charge in [-0.1, -0.05) is 41.6 Å². The van der Waals surface area contributed by atoms with Crippen LogP contribution < -0.4 is 9.64 Å². The molecule has 0 saturated carbocycles. The maximum absolute atomic E-state index is 5.34. The standard InChI is InChI=1S/C22H29N3O2/c1-3-27-23-22(19-8-5-4-6-9-19)12-13-24-14-16-25(17-15-24)20-10-7-11-21(18-20)26-2/h4-11,18H,3,12-17H2,1-2H3/b23-22-. The molecule has 0 aliphatic carbocycles. The summed E-state index contributed by atoms with van der Waals surface area (Å²) in [6.45, 7) is 7.70. The van der Waals surface area contributed by atoms with Gasteiger partial charge >= 0.3 is 0 Å². The first-order valence-corrected chi connectivity index (χ1v) is 9.65. The van der Waals surface area contributed by atoms with Gasteiger partial charge in [-0.25, -0.2) is 0 Å². The molecule has 1 aliphatic rings. The Morgan fingerprint density at radius 3 is 2.48 bits per heavy atom. The van der Waals surface area contributed by atoms with Gasteiger partial charge in [0.05, 0.1) is 12.8 Å². The molecule has 1 aliphatic heterocycles. The van der Waals surface area contributed by atoms with Gasteiger partial charge in [-0.05, 0) is 24.6 Å². The Labute approximate surface area is 162 Å². The van der Waals surface area contributed by atoms with Gasteiger partial charge in [0.15, 0.2) is 0 Å². The lowest BCUT2D eigenvalue weighted by molar-refractivity contribution is 0.157. The van der Waals surface area contributed by atoms with Crippen LogP contribution in [0.1, 0.15) is 18.9 Å². The zero-order valence-corrected chi connectivity index (χ0v) is 16.3. The summed E-state index contributed by atoms with van der Waals surface area (Å²) in [5.74, 6) is 0.912. The van der Waals surface area contributed by atoms with E-state index in [-0.39, 0.29) is 0 Å². The van der Waals surface area contributed by atoms with Gasteiger partial charge in [-0.3, -0.25) is 4.90 Å². The first-order chi connectivity index (χ1) is 13.3. The van der Waals surface area contributed by atoms with Crippen LogP contribution in [-0.2, 0) is 4.84 Å². The van der Waals surface area contributed by atoms with E-state index in [1.165, 1.54) is 5.69 Å². The third kappa shape index (κ3) is 5.47. The number of oxime groups is 1. The highest BCUT2D eigenvalue weighted by Gasteiger charge is 2.18. The van der Waals surface area contributed by atoms with Gasteiger partial charge in [0.25, 0.3) is 0 Å². The molecule has 0 bridgehead atoms. The lowest BCUT2D eigenvalue weighted by Gasteiger charge is -2.36. The van der Waals surface area contributed by atoms with E-state index < -0.39 is 0 Å². The summed E-state index contributed by atoms with van der Waals surface area (Å²) in [7, 11) is 1.71. The van der Waals surface area contributed by atoms with Crippen molar-refractivity contribution in [3.63, 3.8) is 0 Å². The smallest absolute Gasteiger partial charge is 0.120 e. The molecular formula is C22H29N3O2. The monoisotopic (exact) mass is 367 g/mol. The molecule has 5 nitrogen and oxygen atoms in total. The molecule has 3 rings (SSSR count). The zero-order chi connectivity index (χ0) is 18.9. The van der Waals surface area contributed by atoms with Crippen LogP contribution in [0.25, 0.3) is 0 Å². The largest absolute Gasteiger partial charge is 0.497 e. The third-order valence-electron chi connectivity index (χ3n) is 4.87. The fraction of sp³-hybridized carbons (Fsp3) is 0.409. The SMILES string of the molecule is CCO/N=C(/CCN1CCN(c2cccc(OC)c2)CC1)c1ccccc1. The Kier molecular flexibility index (Phi) is 7.11. The Bertz CT molecular complexity index is 725. The Hall–Kier alpha value is -2.53. The first kappa shape index (κ1) is 19.2. The Balaban J connectivity index is 1.53. The summed E-state index contributed by atoms with van der Waals surface area (Å²) >= 11 is 0. The Morgan fingerprint density at radius 1 is 1.00 bits per heavy atom. The van der Waals surface area contributed by atoms with Crippen LogP contribution in [0.3, 0.4) is 0 Å². The van der Waals surface area contributed by atoms with Gasteiger partial charge in [0, 0.05) is 50.9 Å². The molecule has 0 unspecified atom stereocenters. The fourth-order valence-electron chi connectivity index (χ4n) is 3.32. The average Bonchev–Trinajstić information content (AvgIpc) is 2.75. The van der Waals surface area contributed by atoms with Crippen LogP contribution in [0.2, 0.25) is 0 Å². The molecule has 2 aromatic carbocycles. The molecule has 0 spiro atoms. The molecule has 144 valence electrons. The maximum Gasteiger partial charge on any atom is 0.120 e. The first-order valence-electron chi connectivity index (χ1n) is 9.65. The van der Waals surface area contributed by atoms with Crippen molar-refractivity contribution in [3.8, 4) is 5.75 Å². The lowest BCUT2D eigenvalue weighted by atomic mass is 10.1. The van der Waals surface area contributed by atoms with Gasteiger partial charge < -0.3 is 14.5 Å². The van der Waals surface area contributed by atoms with E-state index in [0.29, 0.717) is 6.61 Å². The van der Waals surface area contributed by atoms with Gasteiger partial charge in [-0.2, -0.15) is 0 Å². The van der Waals surface area contributed by atoms with E-state index >= 15 is 0 Å². The maximum atomic E-state index is 5.34. The van der Waals surface area contributed by atoms with Crippen LogP contribution in [0, 0.1) is 0 Å². The van der Waals surface area contributed by atoms with Crippen LogP contribution in [0.15, 0.2) is 59.8 Å². The van der Waals surface area contributed by atoms with Crippen molar-refractivity contribution in [2.45, 2.75) is 13.3 Å². The summed E-state index contributed by atoms with van der Waals surface area (Å²) in [5.41, 5.74) is 3.39. The van der Waals surface area contributed by atoms with E-state index in [1.807, 2.05) is 31.2 Å². The van der Waals surface area contributed by atoms with Crippen LogP contribution >= 0.6 is 0 Å². The second-order valence-corrected chi connectivity index (χ2v) is 6.60. The molecule has 1 saturated heterocycles. The highest BCUT2D eigenvalue weighted by atomic mass is 16.6. The van der Waals surface area contributed by atoms with Gasteiger partial charge in [-0.15, -0.1) is 0 Å². The van der Waals surface area contributed by atoms with Crippen molar-refractivity contribution >= 4 is 11.4 Å². The minimum atomic E-state index is 0.593. The summed E-state index contributed by atoms with van der Waals surface area (Å²) in [6, 6.07) is 18.6. The van der Waals surface area contributed by atoms with Gasteiger partial charge in [0.2, 0.25) is 0 Å². The van der Waals surface area contributed by atoms with Crippen molar-refractivity contribution < 1.29 is 9.57 Å². The molecule has 1 heterocycles. The van der Waals surface area contributed by atoms with E-state index in [0.717, 1.165) is 56.2 Å². The quantitative estimate of drug-likeness (QED) is 0.527. The molecule has 0 aromatic heterocycles. The molecule has 0 radical (unpaired) electrons. The summed E-state index contributed by atoms with van der Waals surface area (Å²) in [4.78, 5) is 10.3. The molecule has 0 N–H and O–H groups in total. The number of hydrogen-bond acceptors (Lipinski definition) is 5. The summed E-state index contributed by atoms with van der Waals surface area (Å²) in [5, 5.41) is 4.34. The van der Waals surface area contributed by atoms with E-state index in [2.05, 4.69) is 45.3 Å². The van der Waals surface area contributed by atoms with Crippen molar-refractivity contribution in [1.29, 1.82) is 0 Å². The number of ether oxygens (including phenoxy) is 1. The van der Waals surface area contributed by atoms with E-state index in [4.69, 9.17) is 9.57 Å². The summed E-state index contributed by atoms with van der Waals surface area (Å²) in [6.07, 6.45) is 0.892. The molecule has 27 heavy (non-hydrogen) atoms. The van der Waals surface area contributed by atoms with Crippen LogP contribution in [-0.4, -0.2) is 57.1 Å². The van der Waals surface area contributed by atoms with E-state index in [9.17, 15) is 0 Å². The number of piperazine rings is 1. The molecule has 5 heteroatoms. The van der Waals surface area contributed by atoms with Crippen molar-refractivity contribution in [1.82, 2.24) is 4.90 Å². The lowest BCUT2D eigenvalue weighted by Crippen LogP contribution is -2.46. The highest BCUT2D eigenvalue weighted by molar-refractivity contribution is 6.00. The Morgan fingerprint density at radius 2 is 1.78 bits per heavy atom. The molecule has 2 aromatic rings. The zero-order valence-electron chi connectivity index (χ0n) is 16.3. The second kappa shape index (κ2) is 9.97. The van der Waals surface area contributed by atoms with Crippen molar-refractivity contribution in [3.05, 3.63) is 60.2 Å². The fourth-order valence-corrected chi connectivity index (χ4v) is 3.32. The predicted octanol–water partition coefficient (Wildman–Crippen LogP) is 3.65. The minimum absolute atomic E-state index is 0.593. The predicted molar refractivity (Wildman–Crippen MR) is 111 cm³/mol. The molecule has 0 atom stereocenters. The molecule has 1 fully saturated rings. The van der Waals surface area contributed by atoms with E-state index in [1.54, 1.807) is 7.11 Å². The third-order valence-corrected chi connectivity index (χ3v) is 4.87. The highest BCUT2D eigenvalue weighted by Crippen LogP contribution is 2.22. The molecule has 0 amide bonds. The number of methoxy groups -OCH3 is 1. The topological polar surface area (TPSA) is 37.3 Å². The number of benzene rings is 2. The minimum Gasteiger partial charge on any atom is -0.497 e. The number of nitrogens with zero attached hydrogens (tertiary/aromatic N) is 3. The second-order valence-electron chi connectivity index (χ2n) is 6.60. The average molecular weight is 367 g/mol. The number of hydrogen-bond donors (Lipinski definition) is 0. The van der Waals surface area contributed by atoms with Crippen molar-refractivity contribution in [2.75, 3.05) is 51.3 Å². The number of anilines is 1. The van der Waals surface area contributed by atoms with Crippen LogP contribution in [0.5, 0.6) is 5.75 Å². The molecular weight excluding hydrogens is 338 g/mol. The summed E-state index contributed by atoms with van der Waals surface area (Å²) < 4.78 is 5.34.